The van der Waals surface area contributed by atoms with Crippen LogP contribution in [0.15, 0.2) is 12.2 Å². The Morgan fingerprint density at radius 3 is 3.17 bits per heavy atom. The average molecular weight is 86.2 g/mol. The van der Waals surface area contributed by atoms with Crippen molar-refractivity contribution in [1.82, 2.24) is 0 Å². The van der Waals surface area contributed by atoms with Gasteiger partial charge in [0.15, 0.2) is 0 Å². The fourth-order valence-corrected chi connectivity index (χ4v) is 0.232. The first-order chi connectivity index (χ1) is 3.81. The Balaban J connectivity index is 3.21. The zero-order chi connectivity index (χ0) is 6.41. The highest BCUT2D eigenvalue weighted by Crippen LogP contribution is 1.90. The highest BCUT2D eigenvalue weighted by atomic mass is 13.8. The molecule has 0 aliphatic rings. The van der Waals surface area contributed by atoms with Crippen LogP contribution in [0, 0.1) is 5.92 Å². The first kappa shape index (κ1) is 2.84. The molecule has 0 heteroatoms. The van der Waals surface area contributed by atoms with Gasteiger partial charge in [0, 0.05) is 2.74 Å². The SMILES string of the molecule is [2H]CC=CC(C)C[2H]. The maximum Gasteiger partial charge on any atom is 0.0273 e. The van der Waals surface area contributed by atoms with Crippen LogP contribution in [-0.2, 0) is 0 Å². The third-order valence-electron chi connectivity index (χ3n) is 0.465. The molecule has 0 aliphatic carbocycles. The summed E-state index contributed by atoms with van der Waals surface area (Å²) in [6, 6.07) is 0. The molecule has 0 radical (unpaired) electrons. The molecule has 0 fully saturated rings. The van der Waals surface area contributed by atoms with Crippen molar-refractivity contribution in [3.05, 3.63) is 12.2 Å². The van der Waals surface area contributed by atoms with Gasteiger partial charge in [-0.3, -0.25) is 0 Å². The zero-order valence-electron chi connectivity index (χ0n) is 6.15. The Hall–Kier alpha value is -0.260. The van der Waals surface area contributed by atoms with E-state index in [0.29, 0.717) is 19.7 Å². The van der Waals surface area contributed by atoms with Gasteiger partial charge in [-0.15, -0.1) is 0 Å². The third kappa shape index (κ3) is 3.74. The summed E-state index contributed by atoms with van der Waals surface area (Å²) >= 11 is 0. The molecular weight excluding hydrogens is 72.1 g/mol. The minimum Gasteiger partial charge on any atom is -0.0914 e. The molecule has 1 atom stereocenters. The largest absolute Gasteiger partial charge is 0.0914 e. The van der Waals surface area contributed by atoms with Crippen LogP contribution >= 0.6 is 0 Å². The van der Waals surface area contributed by atoms with Crippen LogP contribution in [0.25, 0.3) is 0 Å². The lowest BCUT2D eigenvalue weighted by Crippen LogP contribution is -1.73. The van der Waals surface area contributed by atoms with Crippen molar-refractivity contribution >= 4 is 0 Å². The molecule has 0 rings (SSSR count). The molecule has 0 nitrogen and oxygen atoms in total. The van der Waals surface area contributed by atoms with Gasteiger partial charge in [0.05, 0.1) is 0 Å². The van der Waals surface area contributed by atoms with E-state index in [1.54, 1.807) is 6.08 Å². The minimum absolute atomic E-state index is 0.320. The third-order valence-corrected chi connectivity index (χ3v) is 0.465. The molecule has 0 aromatic carbocycles. The van der Waals surface area contributed by atoms with Gasteiger partial charge in [-0.05, 0) is 12.8 Å². The van der Waals surface area contributed by atoms with Crippen molar-refractivity contribution in [2.45, 2.75) is 20.7 Å². The topological polar surface area (TPSA) is 0 Å². The van der Waals surface area contributed by atoms with Crippen molar-refractivity contribution < 1.29 is 2.74 Å². The van der Waals surface area contributed by atoms with E-state index < -0.39 is 0 Å². The van der Waals surface area contributed by atoms with Crippen LogP contribution < -0.4 is 0 Å². The normalized spacial score (nSPS) is 20.2. The first-order valence-electron chi connectivity index (χ1n) is 3.47. The molecule has 0 saturated heterocycles. The first-order valence-corrected chi connectivity index (χ1v) is 2.06. The predicted molar refractivity (Wildman–Crippen MR) is 29.7 cm³/mol. The van der Waals surface area contributed by atoms with Crippen molar-refractivity contribution in [2.24, 2.45) is 5.92 Å². The number of hydrogen-bond donors (Lipinski definition) is 0. The predicted octanol–water partition coefficient (Wildman–Crippen LogP) is 2.22. The van der Waals surface area contributed by atoms with E-state index in [9.17, 15) is 0 Å². The van der Waals surface area contributed by atoms with Gasteiger partial charge >= 0.3 is 0 Å². The molecule has 0 aliphatic heterocycles. The van der Waals surface area contributed by atoms with Crippen LogP contribution in [0.1, 0.15) is 23.5 Å². The summed E-state index contributed by atoms with van der Waals surface area (Å²) < 4.78 is 13.6. The molecule has 0 bridgehead atoms. The monoisotopic (exact) mass is 86.1 g/mol. The van der Waals surface area contributed by atoms with E-state index in [4.69, 9.17) is 2.74 Å². The van der Waals surface area contributed by atoms with Crippen LogP contribution in [0.2, 0.25) is 0 Å². The molecule has 0 saturated carbocycles. The Morgan fingerprint density at radius 1 is 1.83 bits per heavy atom. The second-order valence-electron chi connectivity index (χ2n) is 1.41. The summed E-state index contributed by atoms with van der Waals surface area (Å²) in [7, 11) is 0. The number of allylic oxidation sites excluding steroid dienone is 2. The van der Waals surface area contributed by atoms with Gasteiger partial charge in [-0.1, -0.05) is 26.0 Å². The molecule has 1 unspecified atom stereocenters. The summed E-state index contributed by atoms with van der Waals surface area (Å²) in [5.41, 5.74) is 0. The Bertz CT molecular complexity index is 68.9. The highest BCUT2D eigenvalue weighted by Gasteiger charge is 1.76. The maximum absolute atomic E-state index is 6.87. The smallest absolute Gasteiger partial charge is 0.0273 e. The summed E-state index contributed by atoms with van der Waals surface area (Å²) in [5.74, 6) is 0.320. The molecule has 0 aromatic rings. The fraction of sp³-hybridized carbons (Fsp3) is 0.667. The lowest BCUT2D eigenvalue weighted by atomic mass is 10.2. The van der Waals surface area contributed by atoms with Gasteiger partial charge in [-0.25, -0.2) is 0 Å². The standard InChI is InChI=1S/C6H12/c1-4-5-6(2)3/h4-6H,1-3H3/i1D,2D. The molecule has 6 heavy (non-hydrogen) atoms. The van der Waals surface area contributed by atoms with Crippen LogP contribution in [0.4, 0.5) is 0 Å². The van der Waals surface area contributed by atoms with Gasteiger partial charge in [0.2, 0.25) is 0 Å². The summed E-state index contributed by atoms with van der Waals surface area (Å²) in [5, 5.41) is 0. The Kier molecular flexibility index (Phi) is 1.40. The lowest BCUT2D eigenvalue weighted by Gasteiger charge is -1.86. The van der Waals surface area contributed by atoms with E-state index >= 15 is 0 Å². The lowest BCUT2D eigenvalue weighted by molar-refractivity contribution is 0.830. The molecule has 36 valence electrons. The summed E-state index contributed by atoms with van der Waals surface area (Å²) in [4.78, 5) is 0. The average Bonchev–Trinajstić information content (AvgIpc) is 1.83. The van der Waals surface area contributed by atoms with E-state index in [1.807, 2.05) is 13.0 Å². The van der Waals surface area contributed by atoms with Crippen LogP contribution in [0.5, 0.6) is 0 Å². The van der Waals surface area contributed by atoms with E-state index in [-0.39, 0.29) is 0 Å². The van der Waals surface area contributed by atoms with Gasteiger partial charge in [0.25, 0.3) is 0 Å². The molecule has 0 aromatic heterocycles. The van der Waals surface area contributed by atoms with E-state index in [2.05, 4.69) is 0 Å². The number of rotatable bonds is 1. The Morgan fingerprint density at radius 2 is 2.67 bits per heavy atom. The number of hydrogen-bond acceptors (Lipinski definition) is 0. The second kappa shape index (κ2) is 2.95. The minimum atomic E-state index is 0.320. The van der Waals surface area contributed by atoms with Crippen LogP contribution in [-0.4, -0.2) is 0 Å². The van der Waals surface area contributed by atoms with Crippen molar-refractivity contribution in [1.29, 1.82) is 0 Å². The van der Waals surface area contributed by atoms with Crippen LogP contribution in [0.3, 0.4) is 0 Å². The molecule has 0 amide bonds. The molecule has 0 N–H and O–H groups in total. The zero-order valence-corrected chi connectivity index (χ0v) is 4.15. The van der Waals surface area contributed by atoms with E-state index in [1.165, 1.54) is 0 Å². The Labute approximate surface area is 42.7 Å². The summed E-state index contributed by atoms with van der Waals surface area (Å²) in [6.07, 6.45) is 3.68. The van der Waals surface area contributed by atoms with E-state index in [0.717, 1.165) is 0 Å². The van der Waals surface area contributed by atoms with Gasteiger partial charge < -0.3 is 0 Å². The second-order valence-corrected chi connectivity index (χ2v) is 1.41. The van der Waals surface area contributed by atoms with Gasteiger partial charge in [0.1, 0.15) is 0 Å². The van der Waals surface area contributed by atoms with Crippen molar-refractivity contribution in [3.8, 4) is 0 Å². The van der Waals surface area contributed by atoms with Gasteiger partial charge in [-0.2, -0.15) is 0 Å². The summed E-state index contributed by atoms with van der Waals surface area (Å²) in [6.45, 7) is 2.74. The van der Waals surface area contributed by atoms with Crippen molar-refractivity contribution in [2.75, 3.05) is 0 Å². The highest BCUT2D eigenvalue weighted by molar-refractivity contribution is 4.79. The fourth-order valence-electron chi connectivity index (χ4n) is 0.232. The molecule has 0 spiro atoms. The van der Waals surface area contributed by atoms with Crippen molar-refractivity contribution in [3.63, 3.8) is 0 Å². The molecular formula is C6H12. The quantitative estimate of drug-likeness (QED) is 0.429. The molecule has 0 heterocycles. The maximum atomic E-state index is 6.87.